The summed E-state index contributed by atoms with van der Waals surface area (Å²) in [6, 6.07) is 21.3. The number of unbranched alkanes of at least 4 members (excludes halogenated alkanes) is 1. The van der Waals surface area contributed by atoms with E-state index in [9.17, 15) is 18.9 Å². The molecular weight excluding hydrogens is 723 g/mol. The SMILES string of the molecule is CCCCOCCOc1ccc(-c2ccc3c(c2)/C=C(/C(=O)Nc2ccc(S(=O)CC4=C(C)C(CCC)CCC=N4)cc2)CCCN3CC(C)(C)C(=O)O)cc1. The van der Waals surface area contributed by atoms with Crippen LogP contribution in [0.25, 0.3) is 17.2 Å². The number of nitrogens with one attached hydrogen (secondary N) is 1. The molecule has 0 spiro atoms. The van der Waals surface area contributed by atoms with Gasteiger partial charge in [-0.1, -0.05) is 44.9 Å². The summed E-state index contributed by atoms with van der Waals surface area (Å²) in [5, 5.41) is 13.0. The smallest absolute Gasteiger partial charge is 0.310 e. The number of allylic oxidation sites excluding steroid dienone is 1. The molecule has 2 aliphatic heterocycles. The molecule has 0 aromatic heterocycles. The van der Waals surface area contributed by atoms with Gasteiger partial charge in [-0.25, -0.2) is 0 Å². The Morgan fingerprint density at radius 1 is 0.982 bits per heavy atom. The van der Waals surface area contributed by atoms with Crippen LogP contribution in [-0.2, 0) is 25.1 Å². The molecule has 0 aliphatic carbocycles. The van der Waals surface area contributed by atoms with Crippen molar-refractivity contribution in [2.75, 3.05) is 48.9 Å². The normalized spacial score (nSPS) is 17.6. The third-order valence-electron chi connectivity index (χ3n) is 10.6. The Hall–Kier alpha value is -4.54. The average molecular weight is 782 g/mol. The Balaban J connectivity index is 1.34. The van der Waals surface area contributed by atoms with Crippen molar-refractivity contribution in [3.63, 3.8) is 0 Å². The number of fused-ring (bicyclic) bond motifs is 1. The molecule has 2 unspecified atom stereocenters. The maximum Gasteiger partial charge on any atom is 0.310 e. The summed E-state index contributed by atoms with van der Waals surface area (Å²) in [7, 11) is -1.27. The minimum atomic E-state index is -1.27. The number of ether oxygens (including phenoxy) is 2. The molecule has 10 heteroatoms. The second-order valence-corrected chi connectivity index (χ2v) is 16.9. The average Bonchev–Trinajstić information content (AvgIpc) is 3.35. The van der Waals surface area contributed by atoms with Crippen molar-refractivity contribution >= 4 is 46.3 Å². The molecule has 3 aromatic rings. The second-order valence-electron chi connectivity index (χ2n) is 15.5. The van der Waals surface area contributed by atoms with Crippen LogP contribution in [0, 0.1) is 11.3 Å². The fraction of sp³-hybridized carbons (Fsp3) is 0.457. The highest BCUT2D eigenvalue weighted by molar-refractivity contribution is 7.85. The van der Waals surface area contributed by atoms with Gasteiger partial charge in [0.05, 0.1) is 34.3 Å². The van der Waals surface area contributed by atoms with Crippen LogP contribution in [0.1, 0.15) is 91.5 Å². The molecule has 0 saturated heterocycles. The van der Waals surface area contributed by atoms with Gasteiger partial charge in [0.15, 0.2) is 0 Å². The molecule has 2 atom stereocenters. The van der Waals surface area contributed by atoms with Crippen molar-refractivity contribution < 1.29 is 28.4 Å². The molecule has 1 amide bonds. The zero-order valence-electron chi connectivity index (χ0n) is 33.8. The summed E-state index contributed by atoms with van der Waals surface area (Å²) in [5.41, 5.74) is 6.14. The van der Waals surface area contributed by atoms with Crippen LogP contribution in [0.5, 0.6) is 5.75 Å². The molecule has 2 heterocycles. The first-order valence-electron chi connectivity index (χ1n) is 20.1. The van der Waals surface area contributed by atoms with Gasteiger partial charge in [-0.15, -0.1) is 0 Å². The van der Waals surface area contributed by atoms with E-state index in [1.54, 1.807) is 26.0 Å². The lowest BCUT2D eigenvalue weighted by atomic mass is 9.91. The number of benzene rings is 3. The van der Waals surface area contributed by atoms with Gasteiger partial charge in [0.1, 0.15) is 12.4 Å². The van der Waals surface area contributed by atoms with E-state index >= 15 is 0 Å². The van der Waals surface area contributed by atoms with Crippen molar-refractivity contribution in [1.29, 1.82) is 0 Å². The van der Waals surface area contributed by atoms with Crippen LogP contribution in [0.4, 0.5) is 11.4 Å². The van der Waals surface area contributed by atoms with Crippen molar-refractivity contribution in [3.8, 4) is 16.9 Å². The van der Waals surface area contributed by atoms with Crippen molar-refractivity contribution in [2.45, 2.75) is 90.9 Å². The predicted octanol–water partition coefficient (Wildman–Crippen LogP) is 9.94. The highest BCUT2D eigenvalue weighted by atomic mass is 32.2. The van der Waals surface area contributed by atoms with E-state index in [-0.39, 0.29) is 5.91 Å². The quantitative estimate of drug-likeness (QED) is 0.123. The number of hydrogen-bond donors (Lipinski definition) is 2. The fourth-order valence-electron chi connectivity index (χ4n) is 7.15. The lowest BCUT2D eigenvalue weighted by Gasteiger charge is -2.34. The number of aliphatic carboxylic acids is 1. The van der Waals surface area contributed by atoms with Crippen LogP contribution in [0.3, 0.4) is 0 Å². The monoisotopic (exact) mass is 781 g/mol. The molecule has 5 rings (SSSR count). The van der Waals surface area contributed by atoms with E-state index in [1.165, 1.54) is 5.57 Å². The third kappa shape index (κ3) is 11.7. The Morgan fingerprint density at radius 2 is 1.73 bits per heavy atom. The van der Waals surface area contributed by atoms with Gasteiger partial charge >= 0.3 is 5.97 Å². The van der Waals surface area contributed by atoms with Gasteiger partial charge in [0.25, 0.3) is 5.91 Å². The number of carboxylic acids is 1. The van der Waals surface area contributed by atoms with E-state index in [0.29, 0.717) is 67.0 Å². The number of carboxylic acid groups (broad SMARTS) is 1. The highest BCUT2D eigenvalue weighted by Gasteiger charge is 2.31. The maximum absolute atomic E-state index is 13.9. The molecule has 9 nitrogen and oxygen atoms in total. The van der Waals surface area contributed by atoms with Gasteiger partial charge in [-0.2, -0.15) is 0 Å². The molecule has 0 saturated carbocycles. The lowest BCUT2D eigenvalue weighted by Crippen LogP contribution is -2.40. The molecule has 56 heavy (non-hydrogen) atoms. The molecule has 2 N–H and O–H groups in total. The van der Waals surface area contributed by atoms with E-state index < -0.39 is 22.2 Å². The Labute approximate surface area is 335 Å². The third-order valence-corrected chi connectivity index (χ3v) is 11.9. The van der Waals surface area contributed by atoms with Crippen LogP contribution in [0.15, 0.2) is 93.5 Å². The number of carbonyl (C=O) groups is 2. The zero-order chi connectivity index (χ0) is 40.1. The minimum Gasteiger partial charge on any atom is -0.491 e. The Kier molecular flexibility index (Phi) is 15.7. The number of hydrogen-bond acceptors (Lipinski definition) is 7. The first kappa shape index (κ1) is 42.6. The van der Waals surface area contributed by atoms with Gasteiger partial charge < -0.3 is 24.8 Å². The van der Waals surface area contributed by atoms with E-state index in [0.717, 1.165) is 79.0 Å². The molecular formula is C46H59N3O6S. The highest BCUT2D eigenvalue weighted by Crippen LogP contribution is 2.35. The predicted molar refractivity (Wildman–Crippen MR) is 229 cm³/mol. The molecule has 300 valence electrons. The molecule has 2 aliphatic rings. The Bertz CT molecular complexity index is 1920. The van der Waals surface area contributed by atoms with Crippen molar-refractivity contribution in [3.05, 3.63) is 89.1 Å². The maximum atomic E-state index is 13.9. The van der Waals surface area contributed by atoms with E-state index in [4.69, 9.17) is 9.47 Å². The van der Waals surface area contributed by atoms with Gasteiger partial charge in [-0.3, -0.25) is 18.8 Å². The van der Waals surface area contributed by atoms with Crippen LogP contribution in [-0.4, -0.2) is 66.1 Å². The number of amides is 1. The standard InChI is InChI=1S/C46H59N3O6S/c1-6-8-26-54-27-28-55-40-19-14-35(15-20-40)36-16-23-43-38(29-36)30-37(13-10-25-49(43)32-46(4,5)45(51)52)44(50)48-39-17-21-41(22-18-39)56(53)31-42-33(3)34(11-7-2)12-9-24-47-42/h14-24,29-30,34H,6-13,25-28,31-32H2,1-5H3,(H,48,50)(H,51,52)/b37-30+. The summed E-state index contributed by atoms with van der Waals surface area (Å²) in [4.78, 5) is 33.5. The first-order chi connectivity index (χ1) is 27.0. The Morgan fingerprint density at radius 3 is 2.45 bits per heavy atom. The number of anilines is 2. The second kappa shape index (κ2) is 20.6. The summed E-state index contributed by atoms with van der Waals surface area (Å²) in [5.74, 6) is 0.552. The fourth-order valence-corrected chi connectivity index (χ4v) is 8.31. The largest absolute Gasteiger partial charge is 0.491 e. The summed E-state index contributed by atoms with van der Waals surface area (Å²) in [6.07, 6.45) is 11.5. The summed E-state index contributed by atoms with van der Waals surface area (Å²) in [6.45, 7) is 12.6. The minimum absolute atomic E-state index is 0.203. The van der Waals surface area contributed by atoms with Gasteiger partial charge in [0.2, 0.25) is 0 Å². The van der Waals surface area contributed by atoms with E-state index in [2.05, 4.69) is 42.0 Å². The van der Waals surface area contributed by atoms with Crippen molar-refractivity contribution in [2.24, 2.45) is 16.3 Å². The van der Waals surface area contributed by atoms with Gasteiger partial charge in [-0.05, 0) is 142 Å². The van der Waals surface area contributed by atoms with Crippen LogP contribution < -0.4 is 15.0 Å². The number of nitrogens with zero attached hydrogens (tertiary/aromatic N) is 2. The van der Waals surface area contributed by atoms with Crippen molar-refractivity contribution in [1.82, 2.24) is 0 Å². The number of carbonyl (C=O) groups excluding carboxylic acids is 1. The molecule has 0 fully saturated rings. The topological polar surface area (TPSA) is 118 Å². The molecule has 3 aromatic carbocycles. The molecule has 0 bridgehead atoms. The number of aliphatic imine (C=N–C) groups is 1. The van der Waals surface area contributed by atoms with Crippen LogP contribution in [0.2, 0.25) is 0 Å². The number of rotatable bonds is 18. The van der Waals surface area contributed by atoms with Crippen LogP contribution >= 0.6 is 0 Å². The lowest BCUT2D eigenvalue weighted by molar-refractivity contribution is -0.146. The van der Waals surface area contributed by atoms with E-state index in [1.807, 2.05) is 60.8 Å². The zero-order valence-corrected chi connectivity index (χ0v) is 34.6. The summed E-state index contributed by atoms with van der Waals surface area (Å²) < 4.78 is 24.9. The molecule has 0 radical (unpaired) electrons. The summed E-state index contributed by atoms with van der Waals surface area (Å²) >= 11 is 0. The van der Waals surface area contributed by atoms with Gasteiger partial charge in [0, 0.05) is 47.8 Å². The first-order valence-corrected chi connectivity index (χ1v) is 21.5.